The van der Waals surface area contributed by atoms with Gasteiger partial charge >= 0.3 is 5.97 Å². The quantitative estimate of drug-likeness (QED) is 0.863. The molecule has 2 heterocycles. The van der Waals surface area contributed by atoms with Gasteiger partial charge in [-0.2, -0.15) is 0 Å². The third-order valence-corrected chi connectivity index (χ3v) is 4.60. The first-order valence-corrected chi connectivity index (χ1v) is 8.95. The van der Waals surface area contributed by atoms with Crippen molar-refractivity contribution < 1.29 is 14.7 Å². The molecule has 1 atom stereocenters. The molecule has 1 unspecified atom stereocenters. The molecule has 1 aromatic carbocycles. The molecule has 2 aromatic rings. The minimum atomic E-state index is -1.10. The van der Waals surface area contributed by atoms with Crippen molar-refractivity contribution in [3.8, 4) is 0 Å². The van der Waals surface area contributed by atoms with E-state index < -0.39 is 17.9 Å². The fraction of sp³-hybridized carbons (Fsp3) is 0.350. The number of carboxylic acid groups (broad SMARTS) is 1. The summed E-state index contributed by atoms with van der Waals surface area (Å²) in [6.07, 6.45) is 6.31. The van der Waals surface area contributed by atoms with Gasteiger partial charge in [-0.15, -0.1) is 0 Å². The summed E-state index contributed by atoms with van der Waals surface area (Å²) in [7, 11) is 0. The van der Waals surface area contributed by atoms with Crippen LogP contribution in [0, 0.1) is 0 Å². The van der Waals surface area contributed by atoms with E-state index in [2.05, 4.69) is 15.2 Å². The van der Waals surface area contributed by atoms with Crippen LogP contribution in [0.5, 0.6) is 0 Å². The van der Waals surface area contributed by atoms with E-state index in [9.17, 15) is 14.7 Å². The molecule has 1 aliphatic rings. The minimum Gasteiger partial charge on any atom is -0.479 e. The number of pyridine rings is 1. The molecule has 1 amide bonds. The lowest BCUT2D eigenvalue weighted by Crippen LogP contribution is -2.34. The number of carbonyl (C=O) groups is 2. The van der Waals surface area contributed by atoms with Crippen LogP contribution in [0.15, 0.2) is 48.7 Å². The Bertz CT molecular complexity index is 739. The molecule has 0 bridgehead atoms. The molecule has 1 aliphatic heterocycles. The van der Waals surface area contributed by atoms with Crippen LogP contribution < -0.4 is 10.2 Å². The number of hydrogen-bond acceptors (Lipinski definition) is 4. The van der Waals surface area contributed by atoms with Crippen molar-refractivity contribution in [2.45, 2.75) is 31.7 Å². The monoisotopic (exact) mass is 353 g/mol. The summed E-state index contributed by atoms with van der Waals surface area (Å²) < 4.78 is 0. The van der Waals surface area contributed by atoms with Crippen LogP contribution in [-0.2, 0) is 4.79 Å². The van der Waals surface area contributed by atoms with Crippen LogP contribution in [0.4, 0.5) is 5.82 Å². The molecule has 0 aliphatic carbocycles. The standard InChI is InChI=1S/C20H23N3O3/c24-19(22-18(20(25)26)15-8-4-3-5-9-15)16-10-11-17(21-14-16)23-12-6-1-2-7-13-23/h3-5,8-11,14,18H,1-2,6-7,12-13H2,(H,22,24)(H,25,26). The Kier molecular flexibility index (Phi) is 5.84. The topological polar surface area (TPSA) is 82.5 Å². The first kappa shape index (κ1) is 17.9. The first-order valence-electron chi connectivity index (χ1n) is 8.95. The second kappa shape index (κ2) is 8.47. The highest BCUT2D eigenvalue weighted by Gasteiger charge is 2.22. The highest BCUT2D eigenvalue weighted by atomic mass is 16.4. The maximum Gasteiger partial charge on any atom is 0.330 e. The zero-order chi connectivity index (χ0) is 18.4. The van der Waals surface area contributed by atoms with Gasteiger partial charge in [0.15, 0.2) is 6.04 Å². The van der Waals surface area contributed by atoms with Gasteiger partial charge in [-0.1, -0.05) is 43.2 Å². The third kappa shape index (κ3) is 4.39. The molecular weight excluding hydrogens is 330 g/mol. The maximum absolute atomic E-state index is 12.4. The number of rotatable bonds is 5. The van der Waals surface area contributed by atoms with E-state index in [1.54, 1.807) is 36.4 Å². The van der Waals surface area contributed by atoms with Gasteiger partial charge in [0.2, 0.25) is 0 Å². The minimum absolute atomic E-state index is 0.353. The Morgan fingerprint density at radius 2 is 1.69 bits per heavy atom. The van der Waals surface area contributed by atoms with E-state index in [4.69, 9.17) is 0 Å². The van der Waals surface area contributed by atoms with Crippen LogP contribution in [0.3, 0.4) is 0 Å². The first-order chi connectivity index (χ1) is 12.6. The molecule has 6 heteroatoms. The lowest BCUT2D eigenvalue weighted by molar-refractivity contribution is -0.139. The van der Waals surface area contributed by atoms with Crippen molar-refractivity contribution in [1.82, 2.24) is 10.3 Å². The lowest BCUT2D eigenvalue weighted by atomic mass is 10.1. The Balaban J connectivity index is 1.70. The molecule has 2 N–H and O–H groups in total. The number of aliphatic carboxylic acids is 1. The molecule has 0 radical (unpaired) electrons. The normalized spacial score (nSPS) is 15.8. The van der Waals surface area contributed by atoms with Crippen molar-refractivity contribution in [2.24, 2.45) is 0 Å². The van der Waals surface area contributed by atoms with E-state index in [1.165, 1.54) is 19.0 Å². The average Bonchev–Trinajstić information content (AvgIpc) is 2.96. The lowest BCUT2D eigenvalue weighted by Gasteiger charge is -2.21. The van der Waals surface area contributed by atoms with E-state index in [1.807, 2.05) is 6.07 Å². The largest absolute Gasteiger partial charge is 0.479 e. The van der Waals surface area contributed by atoms with Crippen molar-refractivity contribution in [3.05, 3.63) is 59.8 Å². The SMILES string of the molecule is O=C(NC(C(=O)O)c1ccccc1)c1ccc(N2CCCCCC2)nc1. The second-order valence-corrected chi connectivity index (χ2v) is 6.46. The van der Waals surface area contributed by atoms with Gasteiger partial charge in [-0.05, 0) is 30.5 Å². The van der Waals surface area contributed by atoms with Gasteiger partial charge in [0.25, 0.3) is 5.91 Å². The van der Waals surface area contributed by atoms with Crippen molar-refractivity contribution in [2.75, 3.05) is 18.0 Å². The number of aromatic nitrogens is 1. The van der Waals surface area contributed by atoms with Crippen molar-refractivity contribution >= 4 is 17.7 Å². The van der Waals surface area contributed by atoms with Crippen LogP contribution in [0.25, 0.3) is 0 Å². The number of anilines is 1. The predicted molar refractivity (Wildman–Crippen MR) is 99.2 cm³/mol. The Morgan fingerprint density at radius 1 is 1.00 bits per heavy atom. The molecule has 136 valence electrons. The fourth-order valence-electron chi connectivity index (χ4n) is 3.15. The summed E-state index contributed by atoms with van der Waals surface area (Å²) in [6, 6.07) is 11.1. The molecule has 26 heavy (non-hydrogen) atoms. The van der Waals surface area contributed by atoms with Crippen LogP contribution in [0.2, 0.25) is 0 Å². The third-order valence-electron chi connectivity index (χ3n) is 4.60. The molecule has 0 spiro atoms. The van der Waals surface area contributed by atoms with Crippen LogP contribution in [-0.4, -0.2) is 35.1 Å². The number of carbonyl (C=O) groups excluding carboxylic acids is 1. The van der Waals surface area contributed by atoms with Gasteiger partial charge in [0.05, 0.1) is 5.56 Å². The highest BCUT2D eigenvalue weighted by molar-refractivity contribution is 5.96. The number of carboxylic acids is 1. The highest BCUT2D eigenvalue weighted by Crippen LogP contribution is 2.18. The van der Waals surface area contributed by atoms with Crippen molar-refractivity contribution in [3.63, 3.8) is 0 Å². The number of hydrogen-bond donors (Lipinski definition) is 2. The van der Waals surface area contributed by atoms with Crippen molar-refractivity contribution in [1.29, 1.82) is 0 Å². The summed E-state index contributed by atoms with van der Waals surface area (Å²) in [5, 5.41) is 12.0. The number of nitrogens with zero attached hydrogens (tertiary/aromatic N) is 2. The van der Waals surface area contributed by atoms with Gasteiger partial charge < -0.3 is 15.3 Å². The van der Waals surface area contributed by atoms with E-state index in [0.29, 0.717) is 11.1 Å². The summed E-state index contributed by atoms with van der Waals surface area (Å²) in [5.41, 5.74) is 0.883. The summed E-state index contributed by atoms with van der Waals surface area (Å²) in [5.74, 6) is -0.684. The van der Waals surface area contributed by atoms with Crippen LogP contribution >= 0.6 is 0 Å². The second-order valence-electron chi connectivity index (χ2n) is 6.46. The number of benzene rings is 1. The van der Waals surface area contributed by atoms with E-state index in [-0.39, 0.29) is 0 Å². The van der Waals surface area contributed by atoms with Gasteiger partial charge in [-0.3, -0.25) is 4.79 Å². The summed E-state index contributed by atoms with van der Waals surface area (Å²) in [6.45, 7) is 1.96. The zero-order valence-electron chi connectivity index (χ0n) is 14.6. The molecule has 3 rings (SSSR count). The molecule has 0 saturated carbocycles. The average molecular weight is 353 g/mol. The van der Waals surface area contributed by atoms with E-state index in [0.717, 1.165) is 31.7 Å². The Hall–Kier alpha value is -2.89. The van der Waals surface area contributed by atoms with Gasteiger partial charge in [-0.25, -0.2) is 9.78 Å². The van der Waals surface area contributed by atoms with Crippen LogP contribution in [0.1, 0.15) is 47.6 Å². The van der Waals surface area contributed by atoms with E-state index >= 15 is 0 Å². The number of nitrogens with one attached hydrogen (secondary N) is 1. The zero-order valence-corrected chi connectivity index (χ0v) is 14.6. The summed E-state index contributed by atoms with van der Waals surface area (Å²) >= 11 is 0. The molecule has 1 fully saturated rings. The fourth-order valence-corrected chi connectivity index (χ4v) is 3.15. The Morgan fingerprint density at radius 3 is 2.27 bits per heavy atom. The molecular formula is C20H23N3O3. The smallest absolute Gasteiger partial charge is 0.330 e. The van der Waals surface area contributed by atoms with Gasteiger partial charge in [0, 0.05) is 19.3 Å². The molecule has 1 aromatic heterocycles. The molecule has 6 nitrogen and oxygen atoms in total. The number of amides is 1. The summed E-state index contributed by atoms with van der Waals surface area (Å²) in [4.78, 5) is 30.6. The Labute approximate surface area is 152 Å². The van der Waals surface area contributed by atoms with Gasteiger partial charge in [0.1, 0.15) is 5.82 Å². The maximum atomic E-state index is 12.4. The predicted octanol–water partition coefficient (Wildman–Crippen LogP) is 3.02. The molecule has 1 saturated heterocycles.